The third kappa shape index (κ3) is 2.45. The topological polar surface area (TPSA) is 58.6 Å². The number of ether oxygens (including phenoxy) is 1. The minimum absolute atomic E-state index is 0.114. The quantitative estimate of drug-likeness (QED) is 0.865. The zero-order chi connectivity index (χ0) is 13.4. The molecule has 1 amide bonds. The van der Waals surface area contributed by atoms with Crippen molar-refractivity contribution in [2.45, 2.75) is 38.4 Å². The summed E-state index contributed by atoms with van der Waals surface area (Å²) >= 11 is 0. The van der Waals surface area contributed by atoms with E-state index in [1.807, 2.05) is 19.1 Å². The van der Waals surface area contributed by atoms with E-state index in [1.54, 1.807) is 0 Å². The molecule has 4 nitrogen and oxygen atoms in total. The van der Waals surface area contributed by atoms with Crippen LogP contribution in [0.5, 0.6) is 5.75 Å². The number of aliphatic hydroxyl groups is 1. The van der Waals surface area contributed by atoms with Gasteiger partial charge in [-0.15, -0.1) is 0 Å². The van der Waals surface area contributed by atoms with Gasteiger partial charge < -0.3 is 15.2 Å². The SMILES string of the molecule is CCC(=O)NC[C@@H]1C[C@H]1c1cccc2c1C[C@@H](O)O2. The van der Waals surface area contributed by atoms with E-state index < -0.39 is 6.29 Å². The first kappa shape index (κ1) is 12.5. The van der Waals surface area contributed by atoms with Crippen molar-refractivity contribution in [2.75, 3.05) is 6.54 Å². The Morgan fingerprint density at radius 3 is 3.16 bits per heavy atom. The van der Waals surface area contributed by atoms with E-state index in [0.717, 1.165) is 24.3 Å². The average molecular weight is 261 g/mol. The first-order valence-electron chi connectivity index (χ1n) is 6.92. The van der Waals surface area contributed by atoms with Crippen molar-refractivity contribution in [1.82, 2.24) is 5.32 Å². The maximum atomic E-state index is 11.3. The van der Waals surface area contributed by atoms with Gasteiger partial charge in [0.25, 0.3) is 0 Å². The van der Waals surface area contributed by atoms with Crippen molar-refractivity contribution in [1.29, 1.82) is 0 Å². The fourth-order valence-corrected chi connectivity index (χ4v) is 2.85. The Labute approximate surface area is 112 Å². The summed E-state index contributed by atoms with van der Waals surface area (Å²) in [4.78, 5) is 11.3. The second-order valence-corrected chi connectivity index (χ2v) is 5.36. The third-order valence-corrected chi connectivity index (χ3v) is 4.02. The van der Waals surface area contributed by atoms with Crippen LogP contribution in [0.15, 0.2) is 18.2 Å². The number of carbonyl (C=O) groups excluding carboxylic acids is 1. The molecule has 1 saturated carbocycles. The van der Waals surface area contributed by atoms with Gasteiger partial charge in [0.05, 0.1) is 0 Å². The van der Waals surface area contributed by atoms with E-state index in [-0.39, 0.29) is 5.91 Å². The first-order valence-corrected chi connectivity index (χ1v) is 6.92. The molecular weight excluding hydrogens is 242 g/mol. The molecule has 1 aromatic carbocycles. The number of hydrogen-bond donors (Lipinski definition) is 2. The maximum absolute atomic E-state index is 11.3. The molecular formula is C15H19NO3. The first-order chi connectivity index (χ1) is 9.19. The summed E-state index contributed by atoms with van der Waals surface area (Å²) in [7, 11) is 0. The van der Waals surface area contributed by atoms with Crippen molar-refractivity contribution >= 4 is 5.91 Å². The number of aliphatic hydroxyl groups excluding tert-OH is 1. The van der Waals surface area contributed by atoms with Crippen LogP contribution in [0.3, 0.4) is 0 Å². The average Bonchev–Trinajstić information content (AvgIpc) is 3.07. The monoisotopic (exact) mass is 261 g/mol. The molecule has 0 unspecified atom stereocenters. The van der Waals surface area contributed by atoms with Gasteiger partial charge in [0.1, 0.15) is 5.75 Å². The van der Waals surface area contributed by atoms with Gasteiger partial charge in [-0.3, -0.25) is 4.79 Å². The van der Waals surface area contributed by atoms with Gasteiger partial charge in [0, 0.05) is 24.9 Å². The summed E-state index contributed by atoms with van der Waals surface area (Å²) in [6.07, 6.45) is 1.53. The lowest BCUT2D eigenvalue weighted by Crippen LogP contribution is -2.24. The van der Waals surface area contributed by atoms with E-state index in [0.29, 0.717) is 24.7 Å². The molecule has 19 heavy (non-hydrogen) atoms. The minimum atomic E-state index is -0.701. The normalized spacial score (nSPS) is 27.6. The zero-order valence-corrected chi connectivity index (χ0v) is 11.1. The Balaban J connectivity index is 1.66. The smallest absolute Gasteiger partial charge is 0.219 e. The summed E-state index contributed by atoms with van der Waals surface area (Å²) in [6.45, 7) is 2.62. The van der Waals surface area contributed by atoms with Crippen LogP contribution in [0.2, 0.25) is 0 Å². The van der Waals surface area contributed by atoms with Crippen molar-refractivity contribution in [3.63, 3.8) is 0 Å². The van der Waals surface area contributed by atoms with Gasteiger partial charge in [-0.1, -0.05) is 19.1 Å². The lowest BCUT2D eigenvalue weighted by atomic mass is 10.00. The molecule has 1 aromatic rings. The van der Waals surface area contributed by atoms with Gasteiger partial charge in [0.2, 0.25) is 12.2 Å². The highest BCUT2D eigenvalue weighted by atomic mass is 16.6. The highest BCUT2D eigenvalue weighted by molar-refractivity contribution is 5.75. The lowest BCUT2D eigenvalue weighted by Gasteiger charge is -2.07. The largest absolute Gasteiger partial charge is 0.464 e. The Morgan fingerprint density at radius 1 is 1.53 bits per heavy atom. The van der Waals surface area contributed by atoms with E-state index in [2.05, 4.69) is 11.4 Å². The van der Waals surface area contributed by atoms with Crippen LogP contribution in [0, 0.1) is 5.92 Å². The van der Waals surface area contributed by atoms with Crippen LogP contribution in [0.25, 0.3) is 0 Å². The second kappa shape index (κ2) is 4.85. The molecule has 2 aliphatic rings. The summed E-state index contributed by atoms with van der Waals surface area (Å²) in [6, 6.07) is 6.00. The molecule has 0 bridgehead atoms. The molecule has 0 saturated heterocycles. The van der Waals surface area contributed by atoms with Crippen LogP contribution < -0.4 is 10.1 Å². The molecule has 0 spiro atoms. The fourth-order valence-electron chi connectivity index (χ4n) is 2.85. The van der Waals surface area contributed by atoms with Gasteiger partial charge >= 0.3 is 0 Å². The number of rotatable bonds is 4. The molecule has 2 N–H and O–H groups in total. The van der Waals surface area contributed by atoms with E-state index in [4.69, 9.17) is 4.74 Å². The highest BCUT2D eigenvalue weighted by Gasteiger charge is 2.41. The van der Waals surface area contributed by atoms with Gasteiger partial charge in [-0.05, 0) is 29.9 Å². The molecule has 1 aliphatic carbocycles. The third-order valence-electron chi connectivity index (χ3n) is 4.02. The van der Waals surface area contributed by atoms with Crippen molar-refractivity contribution in [2.24, 2.45) is 5.92 Å². The molecule has 4 heteroatoms. The molecule has 1 fully saturated rings. The van der Waals surface area contributed by atoms with Crippen LogP contribution >= 0.6 is 0 Å². The molecule has 0 radical (unpaired) electrons. The molecule has 102 valence electrons. The molecule has 3 atom stereocenters. The molecule has 1 aliphatic heterocycles. The minimum Gasteiger partial charge on any atom is -0.464 e. The predicted octanol–water partition coefficient (Wildman–Crippen LogP) is 1.57. The van der Waals surface area contributed by atoms with Crippen LogP contribution in [0.4, 0.5) is 0 Å². The second-order valence-electron chi connectivity index (χ2n) is 5.36. The Morgan fingerprint density at radius 2 is 2.37 bits per heavy atom. The standard InChI is InChI=1S/C15H19NO3/c1-2-14(17)16-8-9-6-11(9)10-4-3-5-13-12(10)7-15(18)19-13/h3-5,9,11,15,18H,2,6-8H2,1H3,(H,16,17)/t9-,11+,15-/m0/s1. The van der Waals surface area contributed by atoms with E-state index >= 15 is 0 Å². The molecule has 1 heterocycles. The number of benzene rings is 1. The molecule has 0 aromatic heterocycles. The molecule has 3 rings (SSSR count). The van der Waals surface area contributed by atoms with E-state index in [9.17, 15) is 9.90 Å². The van der Waals surface area contributed by atoms with Crippen LogP contribution in [-0.4, -0.2) is 23.8 Å². The lowest BCUT2D eigenvalue weighted by molar-refractivity contribution is -0.120. The van der Waals surface area contributed by atoms with E-state index in [1.165, 1.54) is 5.56 Å². The summed E-state index contributed by atoms with van der Waals surface area (Å²) in [5.41, 5.74) is 2.43. The highest BCUT2D eigenvalue weighted by Crippen LogP contribution is 2.50. The summed E-state index contributed by atoms with van der Waals surface area (Å²) in [5, 5.41) is 12.5. The fraction of sp³-hybridized carbons (Fsp3) is 0.533. The van der Waals surface area contributed by atoms with Crippen molar-refractivity contribution < 1.29 is 14.6 Å². The number of hydrogen-bond acceptors (Lipinski definition) is 3. The Bertz CT molecular complexity index is 500. The summed E-state index contributed by atoms with van der Waals surface area (Å²) < 4.78 is 5.36. The zero-order valence-electron chi connectivity index (χ0n) is 11.1. The Hall–Kier alpha value is -1.55. The summed E-state index contributed by atoms with van der Waals surface area (Å²) in [5.74, 6) is 1.96. The van der Waals surface area contributed by atoms with Crippen molar-refractivity contribution in [3.05, 3.63) is 29.3 Å². The Kier molecular flexibility index (Phi) is 3.19. The van der Waals surface area contributed by atoms with Crippen molar-refractivity contribution in [3.8, 4) is 5.75 Å². The van der Waals surface area contributed by atoms with Crippen LogP contribution in [0.1, 0.15) is 36.8 Å². The van der Waals surface area contributed by atoms with Gasteiger partial charge in [-0.25, -0.2) is 0 Å². The number of nitrogens with one attached hydrogen (secondary N) is 1. The number of fused-ring (bicyclic) bond motifs is 1. The van der Waals surface area contributed by atoms with Crippen LogP contribution in [-0.2, 0) is 11.2 Å². The predicted molar refractivity (Wildman–Crippen MR) is 70.9 cm³/mol. The maximum Gasteiger partial charge on any atom is 0.219 e. The number of amides is 1. The van der Waals surface area contributed by atoms with Gasteiger partial charge in [0.15, 0.2) is 0 Å². The van der Waals surface area contributed by atoms with Gasteiger partial charge in [-0.2, -0.15) is 0 Å². The number of carbonyl (C=O) groups is 1.